The molecule has 102 valence electrons. The predicted octanol–water partition coefficient (Wildman–Crippen LogP) is 2.10. The summed E-state index contributed by atoms with van der Waals surface area (Å²) in [5, 5.41) is 11.5. The summed E-state index contributed by atoms with van der Waals surface area (Å²) >= 11 is 1.69. The van der Waals surface area contributed by atoms with E-state index in [2.05, 4.69) is 5.32 Å². The molecule has 2 atom stereocenters. The maximum atomic E-state index is 12.1. The molecule has 0 bridgehead atoms. The van der Waals surface area contributed by atoms with Crippen molar-refractivity contribution in [2.45, 2.75) is 24.2 Å². The van der Waals surface area contributed by atoms with Gasteiger partial charge in [0.25, 0.3) is 0 Å². The molecule has 1 aliphatic rings. The minimum Gasteiger partial charge on any atom is -0.481 e. The van der Waals surface area contributed by atoms with Crippen LogP contribution in [0.2, 0.25) is 0 Å². The van der Waals surface area contributed by atoms with Gasteiger partial charge in [-0.1, -0.05) is 25.1 Å². The van der Waals surface area contributed by atoms with Crippen LogP contribution < -0.4 is 5.32 Å². The normalized spacial score (nSPS) is 18.7. The fourth-order valence-electron chi connectivity index (χ4n) is 2.15. The van der Waals surface area contributed by atoms with Crippen LogP contribution in [-0.4, -0.2) is 29.3 Å². The molecule has 2 N–H and O–H groups in total. The summed E-state index contributed by atoms with van der Waals surface area (Å²) in [6, 6.07) is 7.93. The highest BCUT2D eigenvalue weighted by molar-refractivity contribution is 7.99. The number of hydrogen-bond donors (Lipinski definition) is 2. The molecule has 0 saturated carbocycles. The number of benzene rings is 1. The number of aliphatic carboxylic acids is 1. The summed E-state index contributed by atoms with van der Waals surface area (Å²) in [7, 11) is 0. The number of carbonyl (C=O) groups is 2. The topological polar surface area (TPSA) is 66.4 Å². The first-order chi connectivity index (χ1) is 9.08. The lowest BCUT2D eigenvalue weighted by Gasteiger charge is -2.14. The van der Waals surface area contributed by atoms with E-state index in [9.17, 15) is 9.59 Å². The van der Waals surface area contributed by atoms with Gasteiger partial charge < -0.3 is 10.4 Å². The lowest BCUT2D eigenvalue weighted by molar-refractivity contribution is -0.138. The molecule has 1 aliphatic heterocycles. The van der Waals surface area contributed by atoms with Crippen LogP contribution in [0.3, 0.4) is 0 Å². The van der Waals surface area contributed by atoms with Gasteiger partial charge in [-0.3, -0.25) is 9.59 Å². The predicted molar refractivity (Wildman–Crippen MR) is 74.3 cm³/mol. The van der Waals surface area contributed by atoms with Crippen molar-refractivity contribution in [2.75, 3.05) is 12.3 Å². The maximum Gasteiger partial charge on any atom is 0.303 e. The summed E-state index contributed by atoms with van der Waals surface area (Å²) in [5.74, 6) is -0.236. The van der Waals surface area contributed by atoms with Crippen molar-refractivity contribution in [2.24, 2.45) is 5.92 Å². The lowest BCUT2D eigenvalue weighted by atomic mass is 10.00. The van der Waals surface area contributed by atoms with Gasteiger partial charge in [0.2, 0.25) is 5.91 Å². The third-order valence-corrected chi connectivity index (χ3v) is 4.35. The largest absolute Gasteiger partial charge is 0.481 e. The molecule has 1 amide bonds. The van der Waals surface area contributed by atoms with E-state index < -0.39 is 5.97 Å². The van der Waals surface area contributed by atoms with E-state index in [1.54, 1.807) is 11.8 Å². The Labute approximate surface area is 116 Å². The Morgan fingerprint density at radius 2 is 2.21 bits per heavy atom. The van der Waals surface area contributed by atoms with Gasteiger partial charge in [0.05, 0.1) is 5.92 Å². The number of carbonyl (C=O) groups excluding carboxylic acids is 1. The van der Waals surface area contributed by atoms with Gasteiger partial charge in [0.1, 0.15) is 0 Å². The molecular weight excluding hydrogens is 262 g/mol. The molecular formula is C14H17NO3S. The number of nitrogens with one attached hydrogen (secondary N) is 1. The monoisotopic (exact) mass is 279 g/mol. The molecule has 2 rings (SSSR count). The van der Waals surface area contributed by atoms with Crippen molar-refractivity contribution in [1.29, 1.82) is 0 Å². The van der Waals surface area contributed by atoms with Crippen molar-refractivity contribution in [1.82, 2.24) is 5.32 Å². The number of carboxylic acid groups (broad SMARTS) is 1. The van der Waals surface area contributed by atoms with Crippen LogP contribution in [0, 0.1) is 5.92 Å². The molecule has 0 radical (unpaired) electrons. The quantitative estimate of drug-likeness (QED) is 0.866. The number of rotatable bonds is 5. The van der Waals surface area contributed by atoms with Gasteiger partial charge in [0.15, 0.2) is 0 Å². The molecule has 0 saturated heterocycles. The van der Waals surface area contributed by atoms with Gasteiger partial charge in [-0.15, -0.1) is 11.8 Å². The molecule has 1 aromatic carbocycles. The number of hydrogen-bond acceptors (Lipinski definition) is 3. The summed E-state index contributed by atoms with van der Waals surface area (Å²) in [6.45, 7) is 2.24. The average molecular weight is 279 g/mol. The highest BCUT2D eigenvalue weighted by Crippen LogP contribution is 2.39. The van der Waals surface area contributed by atoms with Gasteiger partial charge in [0, 0.05) is 23.6 Å². The van der Waals surface area contributed by atoms with E-state index >= 15 is 0 Å². The highest BCUT2D eigenvalue weighted by atomic mass is 32.2. The van der Waals surface area contributed by atoms with E-state index in [0.29, 0.717) is 6.54 Å². The second-order valence-corrected chi connectivity index (χ2v) is 5.91. The number of thioether (sulfide) groups is 1. The SMILES string of the molecule is C[C@H](CNC(=O)[C@@H]1CSc2ccccc21)CC(=O)O. The smallest absolute Gasteiger partial charge is 0.303 e. The standard InChI is InChI=1S/C14H17NO3S/c1-9(6-13(16)17)7-15-14(18)11-8-19-12-5-3-2-4-10(11)12/h2-5,9,11H,6-8H2,1H3,(H,15,18)(H,16,17)/t9-,11+/m0/s1. The van der Waals surface area contributed by atoms with Gasteiger partial charge >= 0.3 is 5.97 Å². The lowest BCUT2D eigenvalue weighted by Crippen LogP contribution is -2.33. The van der Waals surface area contributed by atoms with E-state index in [-0.39, 0.29) is 24.2 Å². The molecule has 19 heavy (non-hydrogen) atoms. The molecule has 1 heterocycles. The van der Waals surface area contributed by atoms with Gasteiger partial charge in [-0.05, 0) is 17.5 Å². The fraction of sp³-hybridized carbons (Fsp3) is 0.429. The van der Waals surface area contributed by atoms with Crippen molar-refractivity contribution < 1.29 is 14.7 Å². The van der Waals surface area contributed by atoms with Crippen LogP contribution in [0.1, 0.15) is 24.8 Å². The zero-order valence-electron chi connectivity index (χ0n) is 10.8. The van der Waals surface area contributed by atoms with E-state index in [1.807, 2.05) is 31.2 Å². The zero-order chi connectivity index (χ0) is 13.8. The van der Waals surface area contributed by atoms with E-state index in [0.717, 1.165) is 11.3 Å². The Morgan fingerprint density at radius 3 is 2.95 bits per heavy atom. The summed E-state index contributed by atoms with van der Waals surface area (Å²) < 4.78 is 0. The molecule has 0 aliphatic carbocycles. The van der Waals surface area contributed by atoms with E-state index in [1.165, 1.54) is 4.90 Å². The van der Waals surface area contributed by atoms with Crippen LogP contribution in [-0.2, 0) is 9.59 Å². The highest BCUT2D eigenvalue weighted by Gasteiger charge is 2.28. The zero-order valence-corrected chi connectivity index (χ0v) is 11.6. The van der Waals surface area contributed by atoms with Crippen molar-refractivity contribution in [3.05, 3.63) is 29.8 Å². The Kier molecular flexibility index (Phi) is 4.47. The van der Waals surface area contributed by atoms with Crippen molar-refractivity contribution in [3.63, 3.8) is 0 Å². The Morgan fingerprint density at radius 1 is 1.47 bits per heavy atom. The van der Waals surface area contributed by atoms with E-state index in [4.69, 9.17) is 5.11 Å². The van der Waals surface area contributed by atoms with Gasteiger partial charge in [-0.25, -0.2) is 0 Å². The second kappa shape index (κ2) is 6.10. The fourth-order valence-corrected chi connectivity index (χ4v) is 3.38. The van der Waals surface area contributed by atoms with Crippen molar-refractivity contribution in [3.8, 4) is 0 Å². The first kappa shape index (κ1) is 13.9. The van der Waals surface area contributed by atoms with Crippen LogP contribution in [0.4, 0.5) is 0 Å². The molecule has 0 unspecified atom stereocenters. The second-order valence-electron chi connectivity index (χ2n) is 4.85. The molecule has 0 fully saturated rings. The number of carboxylic acids is 1. The third kappa shape index (κ3) is 3.50. The maximum absolute atomic E-state index is 12.1. The molecule has 0 aromatic heterocycles. The molecule has 1 aromatic rings. The summed E-state index contributed by atoms with van der Waals surface area (Å²) in [5.41, 5.74) is 1.08. The van der Waals surface area contributed by atoms with Crippen LogP contribution >= 0.6 is 11.8 Å². The van der Waals surface area contributed by atoms with Crippen LogP contribution in [0.15, 0.2) is 29.2 Å². The molecule has 0 spiro atoms. The first-order valence-corrected chi connectivity index (χ1v) is 7.27. The minimum atomic E-state index is -0.830. The van der Waals surface area contributed by atoms with Crippen LogP contribution in [0.25, 0.3) is 0 Å². The first-order valence-electron chi connectivity index (χ1n) is 6.29. The third-order valence-electron chi connectivity index (χ3n) is 3.16. The molecule has 5 heteroatoms. The Bertz CT molecular complexity index is 489. The van der Waals surface area contributed by atoms with Crippen LogP contribution in [0.5, 0.6) is 0 Å². The minimum absolute atomic E-state index is 0.00492. The average Bonchev–Trinajstić information content (AvgIpc) is 2.79. The number of fused-ring (bicyclic) bond motifs is 1. The Balaban J connectivity index is 1.90. The summed E-state index contributed by atoms with van der Waals surface area (Å²) in [6.07, 6.45) is 0.0796. The molecule has 4 nitrogen and oxygen atoms in total. The van der Waals surface area contributed by atoms with Crippen molar-refractivity contribution >= 4 is 23.6 Å². The Hall–Kier alpha value is -1.49. The van der Waals surface area contributed by atoms with Gasteiger partial charge in [-0.2, -0.15) is 0 Å². The summed E-state index contributed by atoms with van der Waals surface area (Å²) in [4.78, 5) is 23.9. The number of amides is 1.